The number of alkyl halides is 1. The van der Waals surface area contributed by atoms with Crippen LogP contribution in [0.15, 0.2) is 77.9 Å². The lowest BCUT2D eigenvalue weighted by molar-refractivity contribution is -0.131. The number of aliphatic hydroxyl groups is 1. The van der Waals surface area contributed by atoms with Crippen molar-refractivity contribution in [3.05, 3.63) is 94.4 Å². The number of ether oxygens (including phenoxy) is 11. The molecular weight excluding hydrogens is 1110 g/mol. The second-order valence-electron chi connectivity index (χ2n) is 17.9. The van der Waals surface area contributed by atoms with Crippen LogP contribution in [0.4, 0.5) is 24.9 Å². The number of carbonyl (C=O) groups is 5. The number of hydrogen-bond donors (Lipinski definition) is 6. The van der Waals surface area contributed by atoms with Crippen LogP contribution in [0.25, 0.3) is 21.2 Å². The average molecular weight is 1190 g/mol. The first kappa shape index (κ1) is 70.6. The molecule has 5 amide bonds. The Morgan fingerprint density at radius 2 is 1.16 bits per heavy atom. The number of halogens is 1. The number of unbranched alkanes of at least 4 members (excludes halogenated alkanes) is 3. The van der Waals surface area contributed by atoms with Gasteiger partial charge in [0.15, 0.2) is 0 Å². The van der Waals surface area contributed by atoms with Crippen molar-refractivity contribution in [1.82, 2.24) is 31.5 Å². The summed E-state index contributed by atoms with van der Waals surface area (Å²) in [7, 11) is 0. The van der Waals surface area contributed by atoms with E-state index < -0.39 is 30.5 Å². The van der Waals surface area contributed by atoms with Gasteiger partial charge in [-0.1, -0.05) is 72.6 Å². The topological polar surface area (TPSA) is 319 Å². The van der Waals surface area contributed by atoms with Crippen molar-refractivity contribution in [2.24, 2.45) is 5.11 Å². The third-order valence-electron chi connectivity index (χ3n) is 11.4. The number of azide groups is 1. The molecule has 0 aliphatic heterocycles. The summed E-state index contributed by atoms with van der Waals surface area (Å²) in [5.74, 6) is 1.19. The second kappa shape index (κ2) is 47.7. The first-order valence-electron chi connectivity index (χ1n) is 27.8. The molecule has 3 aromatic rings. The molecule has 1 unspecified atom stereocenters. The van der Waals surface area contributed by atoms with Crippen LogP contribution in [0, 0.1) is 6.92 Å². The van der Waals surface area contributed by atoms with Crippen molar-refractivity contribution >= 4 is 58.3 Å². The number of nitrogens with one attached hydrogen (secondary N) is 5. The van der Waals surface area contributed by atoms with Crippen LogP contribution in [0.2, 0.25) is 0 Å². The Balaban J connectivity index is 1.10. The zero-order valence-corrected chi connectivity index (χ0v) is 48.3. The van der Waals surface area contributed by atoms with E-state index in [0.717, 1.165) is 47.6 Å². The van der Waals surface area contributed by atoms with Crippen LogP contribution >= 0.6 is 11.6 Å². The van der Waals surface area contributed by atoms with Gasteiger partial charge in [-0.05, 0) is 60.0 Å². The summed E-state index contributed by atoms with van der Waals surface area (Å²) in [5.41, 5.74) is 10.9. The lowest BCUT2D eigenvalue weighted by Gasteiger charge is -2.24. The highest BCUT2D eigenvalue weighted by Crippen LogP contribution is 2.25. The van der Waals surface area contributed by atoms with E-state index in [1.54, 1.807) is 17.0 Å². The van der Waals surface area contributed by atoms with Gasteiger partial charge in [-0.3, -0.25) is 4.79 Å². The maximum Gasteiger partial charge on any atom is 0.407 e. The monoisotopic (exact) mass is 1190 g/mol. The zero-order chi connectivity index (χ0) is 59.6. The molecular formula is C56H84ClN9O17. The van der Waals surface area contributed by atoms with Crippen molar-refractivity contribution in [2.75, 3.05) is 164 Å². The fourth-order valence-corrected chi connectivity index (χ4v) is 7.43. The molecule has 3 rings (SSSR count). The number of amides is 5. The minimum absolute atomic E-state index is 0.0268. The Morgan fingerprint density at radius 1 is 0.627 bits per heavy atom. The van der Waals surface area contributed by atoms with Crippen molar-refractivity contribution in [1.29, 1.82) is 0 Å². The normalized spacial score (nSPS) is 11.4. The van der Waals surface area contributed by atoms with Gasteiger partial charge in [0.25, 0.3) is 0 Å². The summed E-state index contributed by atoms with van der Waals surface area (Å²) in [4.78, 5) is 65.8. The van der Waals surface area contributed by atoms with E-state index in [-0.39, 0.29) is 137 Å². The number of fused-ring (bicyclic) bond motifs is 1. The molecule has 0 heterocycles. The Morgan fingerprint density at radius 3 is 1.75 bits per heavy atom. The van der Waals surface area contributed by atoms with Gasteiger partial charge in [-0.25, -0.2) is 19.2 Å². The number of nitrogens with zero attached hydrogens (tertiary/aromatic N) is 4. The van der Waals surface area contributed by atoms with Gasteiger partial charge in [0.05, 0.1) is 72.7 Å². The van der Waals surface area contributed by atoms with Gasteiger partial charge in [-0.2, -0.15) is 0 Å². The standard InChI is InChI=1S/C56H84ClN9O17/c1-45-41-46(15-16-50(45)64-65-58)43-66(52(68)17-19-59-42-48(67)44-83-51-14-10-12-47-11-4-5-13-49(47)51)24-20-60-53(69)81-39-37-77-35-33-75-28-21-61-54(70)79-26-8-9-27-80-55(71)62-22-29-76-34-36-78-38-40-82-56(72)63-23-30-74-32-31-73-25-7-3-2-6-18-57/h4-5,8-16,41,48,59,67H,2-3,6-7,17-40,42-44H2,1H3,(H,60,69)(H,61,70)(H,62,71)(H,63,72)/b9-8+. The third kappa shape index (κ3) is 36.5. The van der Waals surface area contributed by atoms with E-state index >= 15 is 0 Å². The molecule has 0 fully saturated rings. The van der Waals surface area contributed by atoms with Crippen LogP contribution < -0.4 is 31.3 Å². The molecule has 27 heteroatoms. The minimum atomic E-state index is -0.815. The fraction of sp³-hybridized carbons (Fsp3) is 0.589. The quantitative estimate of drug-likeness (QED) is 0.00697. The minimum Gasteiger partial charge on any atom is -0.490 e. The first-order chi connectivity index (χ1) is 40.6. The number of aryl methyl sites for hydroxylation is 1. The summed E-state index contributed by atoms with van der Waals surface area (Å²) < 4.78 is 58.7. The fourth-order valence-electron chi connectivity index (χ4n) is 7.24. The maximum atomic E-state index is 13.4. The lowest BCUT2D eigenvalue weighted by Crippen LogP contribution is -2.40. The molecule has 0 aromatic heterocycles. The molecule has 0 spiro atoms. The zero-order valence-electron chi connectivity index (χ0n) is 47.6. The Labute approximate surface area is 490 Å². The highest BCUT2D eigenvalue weighted by atomic mass is 35.5. The number of alkyl carbamates (subject to hydrolysis) is 4. The average Bonchev–Trinajstić information content (AvgIpc) is 3.57. The number of benzene rings is 3. The van der Waals surface area contributed by atoms with Crippen LogP contribution in [0.5, 0.6) is 5.75 Å². The molecule has 0 bridgehead atoms. The predicted molar refractivity (Wildman–Crippen MR) is 309 cm³/mol. The van der Waals surface area contributed by atoms with Crippen molar-refractivity contribution in [3.63, 3.8) is 0 Å². The summed E-state index contributed by atoms with van der Waals surface area (Å²) >= 11 is 5.66. The van der Waals surface area contributed by atoms with Gasteiger partial charge in [-0.15, -0.1) is 11.6 Å². The SMILES string of the molecule is Cc1cc(CN(CCNC(=O)OCCOCCOCCNC(=O)OC/C=C/COC(=O)NCCOCCOCCOC(=O)NCCOCCOCCCCCCCl)C(=O)CCNCC(O)COc2cccc3ccccc23)ccc1N=[N+]=[N-]. The smallest absolute Gasteiger partial charge is 0.407 e. The number of aliphatic hydroxyl groups excluding tert-OH is 1. The molecule has 6 N–H and O–H groups in total. The number of rotatable bonds is 48. The summed E-state index contributed by atoms with van der Waals surface area (Å²) in [5, 5.41) is 29.7. The Hall–Kier alpha value is -6.71. The highest BCUT2D eigenvalue weighted by molar-refractivity contribution is 6.17. The predicted octanol–water partition coefficient (Wildman–Crippen LogP) is 6.20. The van der Waals surface area contributed by atoms with E-state index in [0.29, 0.717) is 56.8 Å². The van der Waals surface area contributed by atoms with E-state index in [9.17, 15) is 29.1 Å². The molecule has 0 aliphatic carbocycles. The summed E-state index contributed by atoms with van der Waals surface area (Å²) in [6.07, 6.45) is 4.06. The van der Waals surface area contributed by atoms with Crippen molar-refractivity contribution in [3.8, 4) is 5.75 Å². The van der Waals surface area contributed by atoms with E-state index in [1.165, 1.54) is 12.2 Å². The van der Waals surface area contributed by atoms with Crippen LogP contribution in [0.1, 0.15) is 43.2 Å². The van der Waals surface area contributed by atoms with Crippen LogP contribution in [-0.4, -0.2) is 210 Å². The molecule has 462 valence electrons. The van der Waals surface area contributed by atoms with Gasteiger partial charge in [0.1, 0.15) is 44.9 Å². The van der Waals surface area contributed by atoms with Gasteiger partial charge in [0, 0.05) is 87.3 Å². The molecule has 83 heavy (non-hydrogen) atoms. The molecule has 1 atom stereocenters. The number of hydrogen-bond acceptors (Lipinski definition) is 19. The van der Waals surface area contributed by atoms with Gasteiger partial charge in [0.2, 0.25) is 5.91 Å². The molecule has 0 saturated carbocycles. The third-order valence-corrected chi connectivity index (χ3v) is 11.7. The first-order valence-corrected chi connectivity index (χ1v) is 28.3. The van der Waals surface area contributed by atoms with Gasteiger partial charge < -0.3 is 88.7 Å². The maximum absolute atomic E-state index is 13.4. The van der Waals surface area contributed by atoms with Crippen molar-refractivity contribution in [2.45, 2.75) is 51.7 Å². The van der Waals surface area contributed by atoms with Crippen LogP contribution in [-0.2, 0) is 58.7 Å². The van der Waals surface area contributed by atoms with Crippen LogP contribution in [0.3, 0.4) is 0 Å². The molecule has 3 aromatic carbocycles. The summed E-state index contributed by atoms with van der Waals surface area (Å²) in [6.45, 7) is 7.32. The van der Waals surface area contributed by atoms with Crippen molar-refractivity contribution < 1.29 is 81.2 Å². The second-order valence-corrected chi connectivity index (χ2v) is 18.3. The Kier molecular flexibility index (Phi) is 40.6. The molecule has 0 aliphatic rings. The molecule has 26 nitrogen and oxygen atoms in total. The molecule has 0 radical (unpaired) electrons. The summed E-state index contributed by atoms with van der Waals surface area (Å²) in [6, 6.07) is 18.9. The molecule has 0 saturated heterocycles. The largest absolute Gasteiger partial charge is 0.490 e. The van der Waals surface area contributed by atoms with E-state index in [1.807, 2.05) is 55.5 Å². The highest BCUT2D eigenvalue weighted by Gasteiger charge is 2.16. The van der Waals surface area contributed by atoms with E-state index in [2.05, 4.69) is 36.6 Å². The lowest BCUT2D eigenvalue weighted by atomic mass is 10.1. The van der Waals surface area contributed by atoms with Gasteiger partial charge >= 0.3 is 24.4 Å². The van der Waals surface area contributed by atoms with E-state index in [4.69, 9.17) is 69.2 Å². The number of carbonyl (C=O) groups excluding carboxylic acids is 5. The Bertz CT molecular complexity index is 2350.